The number of halogens is 2. The van der Waals surface area contributed by atoms with Crippen LogP contribution in [0.3, 0.4) is 0 Å². The first-order valence-electron chi connectivity index (χ1n) is 8.82. The Labute approximate surface area is 164 Å². The Morgan fingerprint density at radius 2 is 1.86 bits per heavy atom. The number of nitrogens with one attached hydrogen (secondary N) is 2. The number of carbonyl (C=O) groups excluding carboxylic acids is 2. The van der Waals surface area contributed by atoms with Gasteiger partial charge in [-0.25, -0.2) is 8.78 Å². The molecule has 0 atom stereocenters. The number of nitrogens with zero attached hydrogens (tertiary/aromatic N) is 4. The highest BCUT2D eigenvalue weighted by molar-refractivity contribution is 5.94. The molecular formula is C19H18F2N6O2. The summed E-state index contributed by atoms with van der Waals surface area (Å²) >= 11 is 0. The van der Waals surface area contributed by atoms with Crippen molar-refractivity contribution in [3.05, 3.63) is 65.5 Å². The van der Waals surface area contributed by atoms with Gasteiger partial charge in [0.1, 0.15) is 17.3 Å². The highest BCUT2D eigenvalue weighted by atomic mass is 19.1. The Hall–Kier alpha value is -3.69. The number of tetrazole rings is 1. The van der Waals surface area contributed by atoms with Crippen molar-refractivity contribution < 1.29 is 18.4 Å². The van der Waals surface area contributed by atoms with Gasteiger partial charge in [0.2, 0.25) is 5.91 Å². The van der Waals surface area contributed by atoms with Crippen LogP contribution in [0.5, 0.6) is 0 Å². The molecule has 29 heavy (non-hydrogen) atoms. The smallest absolute Gasteiger partial charge is 0.251 e. The van der Waals surface area contributed by atoms with Crippen molar-refractivity contribution in [3.8, 4) is 5.69 Å². The maximum atomic E-state index is 14.0. The second-order valence-corrected chi connectivity index (χ2v) is 6.22. The fourth-order valence-electron chi connectivity index (χ4n) is 2.58. The molecule has 10 heteroatoms. The van der Waals surface area contributed by atoms with Crippen LogP contribution in [0.4, 0.5) is 14.5 Å². The number of carbonyl (C=O) groups is 2. The van der Waals surface area contributed by atoms with Gasteiger partial charge in [-0.15, -0.1) is 5.10 Å². The summed E-state index contributed by atoms with van der Waals surface area (Å²) in [4.78, 5) is 24.0. The van der Waals surface area contributed by atoms with Crippen LogP contribution in [0.15, 0.2) is 42.5 Å². The maximum absolute atomic E-state index is 14.0. The zero-order chi connectivity index (χ0) is 20.8. The second kappa shape index (κ2) is 9.00. The van der Waals surface area contributed by atoms with Gasteiger partial charge in [-0.3, -0.25) is 9.59 Å². The van der Waals surface area contributed by atoms with Crippen LogP contribution in [0.1, 0.15) is 29.0 Å². The predicted molar refractivity (Wildman–Crippen MR) is 100 cm³/mol. The van der Waals surface area contributed by atoms with E-state index in [1.807, 2.05) is 0 Å². The molecule has 3 aromatic rings. The Balaban J connectivity index is 1.49. The van der Waals surface area contributed by atoms with E-state index in [1.54, 1.807) is 6.92 Å². The van der Waals surface area contributed by atoms with Crippen LogP contribution in [0, 0.1) is 18.6 Å². The Morgan fingerprint density at radius 3 is 2.55 bits per heavy atom. The lowest BCUT2D eigenvalue weighted by atomic mass is 10.2. The summed E-state index contributed by atoms with van der Waals surface area (Å²) in [5, 5.41) is 16.2. The third-order valence-corrected chi connectivity index (χ3v) is 4.06. The topological polar surface area (TPSA) is 102 Å². The molecule has 0 saturated carbocycles. The molecule has 3 rings (SSSR count). The van der Waals surface area contributed by atoms with E-state index in [9.17, 15) is 18.4 Å². The quantitative estimate of drug-likeness (QED) is 0.593. The Morgan fingerprint density at radius 1 is 1.10 bits per heavy atom. The van der Waals surface area contributed by atoms with Crippen LogP contribution in [0.2, 0.25) is 0 Å². The molecule has 0 aliphatic rings. The number of hydrogen-bond acceptors (Lipinski definition) is 5. The van der Waals surface area contributed by atoms with Crippen molar-refractivity contribution in [1.29, 1.82) is 0 Å². The van der Waals surface area contributed by atoms with Crippen LogP contribution in [-0.2, 0) is 4.79 Å². The minimum atomic E-state index is -0.526. The van der Waals surface area contributed by atoms with Gasteiger partial charge in [0.15, 0.2) is 5.82 Å². The van der Waals surface area contributed by atoms with Gasteiger partial charge in [0, 0.05) is 24.2 Å². The van der Waals surface area contributed by atoms with E-state index in [-0.39, 0.29) is 30.5 Å². The molecule has 2 aromatic carbocycles. The molecule has 0 radical (unpaired) electrons. The number of anilines is 1. The molecular weight excluding hydrogens is 382 g/mol. The average molecular weight is 400 g/mol. The zero-order valence-corrected chi connectivity index (χ0v) is 15.5. The molecule has 2 amide bonds. The van der Waals surface area contributed by atoms with E-state index in [2.05, 4.69) is 26.2 Å². The van der Waals surface area contributed by atoms with Crippen LogP contribution in [0.25, 0.3) is 5.69 Å². The van der Waals surface area contributed by atoms with Crippen molar-refractivity contribution in [3.63, 3.8) is 0 Å². The van der Waals surface area contributed by atoms with Crippen LogP contribution < -0.4 is 10.6 Å². The number of aryl methyl sites for hydroxylation is 1. The van der Waals surface area contributed by atoms with E-state index < -0.39 is 11.6 Å². The van der Waals surface area contributed by atoms with E-state index in [0.29, 0.717) is 23.5 Å². The molecule has 0 aliphatic heterocycles. The first kappa shape index (κ1) is 20.1. The van der Waals surface area contributed by atoms with Crippen molar-refractivity contribution in [2.24, 2.45) is 0 Å². The van der Waals surface area contributed by atoms with Gasteiger partial charge >= 0.3 is 0 Å². The summed E-state index contributed by atoms with van der Waals surface area (Å²) in [7, 11) is 0. The maximum Gasteiger partial charge on any atom is 0.251 e. The standard InChI is InChI=1S/C19H18F2N6O2/c1-12-24-25-26-27(12)17-11-15(8-9-16(17)21)23-18(28)3-2-10-22-19(29)13-4-6-14(20)7-5-13/h4-9,11H,2-3,10H2,1H3,(H,22,29)(H,23,28). The molecule has 0 spiro atoms. The lowest BCUT2D eigenvalue weighted by Gasteiger charge is -2.09. The second-order valence-electron chi connectivity index (χ2n) is 6.22. The Bertz CT molecular complexity index is 1020. The predicted octanol–water partition coefficient (Wildman–Crippen LogP) is 2.40. The SMILES string of the molecule is Cc1nnnn1-c1cc(NC(=O)CCCNC(=O)c2ccc(F)cc2)ccc1F. The lowest BCUT2D eigenvalue weighted by Crippen LogP contribution is -2.25. The number of benzene rings is 2. The summed E-state index contributed by atoms with van der Waals surface area (Å²) in [6, 6.07) is 9.27. The fourth-order valence-corrected chi connectivity index (χ4v) is 2.58. The summed E-state index contributed by atoms with van der Waals surface area (Å²) < 4.78 is 28.1. The lowest BCUT2D eigenvalue weighted by molar-refractivity contribution is -0.116. The molecule has 0 bridgehead atoms. The normalized spacial score (nSPS) is 10.6. The van der Waals surface area contributed by atoms with Crippen LogP contribution in [-0.4, -0.2) is 38.6 Å². The van der Waals surface area contributed by atoms with Crippen molar-refractivity contribution in [2.75, 3.05) is 11.9 Å². The summed E-state index contributed by atoms with van der Waals surface area (Å²) in [6.45, 7) is 1.91. The molecule has 0 aliphatic carbocycles. The third-order valence-electron chi connectivity index (χ3n) is 4.06. The minimum Gasteiger partial charge on any atom is -0.352 e. The van der Waals surface area contributed by atoms with Gasteiger partial charge in [-0.1, -0.05) is 0 Å². The fraction of sp³-hybridized carbons (Fsp3) is 0.211. The molecule has 8 nitrogen and oxygen atoms in total. The largest absolute Gasteiger partial charge is 0.352 e. The highest BCUT2D eigenvalue weighted by Gasteiger charge is 2.12. The summed E-state index contributed by atoms with van der Waals surface area (Å²) in [5.41, 5.74) is 0.862. The van der Waals surface area contributed by atoms with Gasteiger partial charge < -0.3 is 10.6 Å². The molecule has 0 unspecified atom stereocenters. The number of aromatic nitrogens is 4. The van der Waals surface area contributed by atoms with Gasteiger partial charge in [0.05, 0.1) is 0 Å². The third kappa shape index (κ3) is 5.18. The van der Waals surface area contributed by atoms with E-state index in [1.165, 1.54) is 47.1 Å². The van der Waals surface area contributed by atoms with Crippen molar-refractivity contribution in [1.82, 2.24) is 25.5 Å². The molecule has 1 aromatic heterocycles. The van der Waals surface area contributed by atoms with Gasteiger partial charge in [-0.2, -0.15) is 4.68 Å². The minimum absolute atomic E-state index is 0.122. The first-order valence-corrected chi connectivity index (χ1v) is 8.82. The number of amides is 2. The molecule has 0 fully saturated rings. The summed E-state index contributed by atoms with van der Waals surface area (Å²) in [6.07, 6.45) is 0.555. The number of hydrogen-bond donors (Lipinski definition) is 2. The molecule has 150 valence electrons. The van der Waals surface area contributed by atoms with Crippen molar-refractivity contribution in [2.45, 2.75) is 19.8 Å². The van der Waals surface area contributed by atoms with Gasteiger partial charge in [-0.05, 0) is 66.2 Å². The molecule has 1 heterocycles. The van der Waals surface area contributed by atoms with Crippen molar-refractivity contribution >= 4 is 17.5 Å². The molecule has 0 saturated heterocycles. The first-order chi connectivity index (χ1) is 13.9. The van der Waals surface area contributed by atoms with E-state index in [0.717, 1.165) is 0 Å². The average Bonchev–Trinajstić information content (AvgIpc) is 3.13. The van der Waals surface area contributed by atoms with Gasteiger partial charge in [0.25, 0.3) is 5.91 Å². The monoisotopic (exact) mass is 400 g/mol. The zero-order valence-electron chi connectivity index (χ0n) is 15.5. The molecule has 2 N–H and O–H groups in total. The number of rotatable bonds is 7. The van der Waals surface area contributed by atoms with E-state index >= 15 is 0 Å². The van der Waals surface area contributed by atoms with E-state index in [4.69, 9.17) is 0 Å². The Kier molecular flexibility index (Phi) is 6.22. The van der Waals surface area contributed by atoms with Crippen LogP contribution >= 0.6 is 0 Å². The highest BCUT2D eigenvalue weighted by Crippen LogP contribution is 2.19. The summed E-state index contributed by atoms with van der Waals surface area (Å²) in [5.74, 6) is -1.17.